The predicted octanol–water partition coefficient (Wildman–Crippen LogP) is 1.64. The normalized spacial score (nSPS) is 27.2. The van der Waals surface area contributed by atoms with Gasteiger partial charge in [-0.1, -0.05) is 13.0 Å². The first-order chi connectivity index (χ1) is 6.24. The molecule has 13 heavy (non-hydrogen) atoms. The molecule has 3 heteroatoms. The molecule has 0 bridgehead atoms. The van der Waals surface area contributed by atoms with Crippen molar-refractivity contribution in [3.8, 4) is 0 Å². The van der Waals surface area contributed by atoms with Gasteiger partial charge in [-0.3, -0.25) is 0 Å². The van der Waals surface area contributed by atoms with Gasteiger partial charge in [0.25, 0.3) is 0 Å². The van der Waals surface area contributed by atoms with E-state index in [0.717, 1.165) is 5.90 Å². The third-order valence-corrected chi connectivity index (χ3v) is 2.17. The van der Waals surface area contributed by atoms with Crippen molar-refractivity contribution in [3.05, 3.63) is 12.2 Å². The Labute approximate surface area is 79.5 Å². The molecule has 1 heterocycles. The van der Waals surface area contributed by atoms with E-state index in [-0.39, 0.29) is 0 Å². The minimum absolute atomic E-state index is 0.322. The van der Waals surface area contributed by atoms with Gasteiger partial charge in [0, 0.05) is 7.11 Å². The Bertz CT molecular complexity index is 211. The smallest absolute Gasteiger partial charge is 0.208 e. The summed E-state index contributed by atoms with van der Waals surface area (Å²) in [5.74, 6) is 1.23. The minimum Gasteiger partial charge on any atom is -0.475 e. The average Bonchev–Trinajstić information content (AvgIpc) is 2.12. The van der Waals surface area contributed by atoms with Crippen molar-refractivity contribution in [2.75, 3.05) is 20.3 Å². The molecule has 0 aromatic carbocycles. The summed E-state index contributed by atoms with van der Waals surface area (Å²) in [6, 6.07) is 0.322. The second-order valence-corrected chi connectivity index (χ2v) is 3.27. The van der Waals surface area contributed by atoms with Crippen molar-refractivity contribution in [2.24, 2.45) is 10.9 Å². The Kier molecular flexibility index (Phi) is 3.96. The first kappa shape index (κ1) is 10.3. The van der Waals surface area contributed by atoms with Gasteiger partial charge in [-0.15, -0.1) is 0 Å². The van der Waals surface area contributed by atoms with Gasteiger partial charge in [-0.25, -0.2) is 4.99 Å². The Morgan fingerprint density at radius 2 is 2.15 bits per heavy atom. The van der Waals surface area contributed by atoms with Gasteiger partial charge in [-0.05, 0) is 18.9 Å². The van der Waals surface area contributed by atoms with E-state index >= 15 is 0 Å². The van der Waals surface area contributed by atoms with Crippen molar-refractivity contribution in [1.29, 1.82) is 0 Å². The van der Waals surface area contributed by atoms with Crippen molar-refractivity contribution < 1.29 is 9.47 Å². The van der Waals surface area contributed by atoms with Gasteiger partial charge in [0.15, 0.2) is 0 Å². The van der Waals surface area contributed by atoms with Crippen molar-refractivity contribution in [3.63, 3.8) is 0 Å². The molecule has 0 aliphatic carbocycles. The van der Waals surface area contributed by atoms with Crippen LogP contribution in [0.2, 0.25) is 0 Å². The molecule has 0 aromatic heterocycles. The minimum atomic E-state index is 0.322. The van der Waals surface area contributed by atoms with E-state index < -0.39 is 0 Å². The highest BCUT2D eigenvalue weighted by molar-refractivity contribution is 5.88. The second kappa shape index (κ2) is 5.02. The van der Waals surface area contributed by atoms with E-state index in [1.807, 2.05) is 6.08 Å². The molecule has 0 amide bonds. The van der Waals surface area contributed by atoms with E-state index in [4.69, 9.17) is 9.47 Å². The summed E-state index contributed by atoms with van der Waals surface area (Å²) >= 11 is 0. The van der Waals surface area contributed by atoms with Crippen molar-refractivity contribution in [2.45, 2.75) is 19.9 Å². The first-order valence-electron chi connectivity index (χ1n) is 4.61. The molecule has 0 aromatic rings. The number of ether oxygens (including phenoxy) is 2. The summed E-state index contributed by atoms with van der Waals surface area (Å²) in [4.78, 5) is 4.39. The summed E-state index contributed by atoms with van der Waals surface area (Å²) in [6.45, 7) is 5.42. The van der Waals surface area contributed by atoms with Gasteiger partial charge in [0.2, 0.25) is 5.90 Å². The average molecular weight is 183 g/mol. The molecule has 1 rings (SSSR count). The zero-order chi connectivity index (χ0) is 9.68. The zero-order valence-corrected chi connectivity index (χ0v) is 8.49. The molecule has 1 aliphatic heterocycles. The highest BCUT2D eigenvalue weighted by Crippen LogP contribution is 2.13. The van der Waals surface area contributed by atoms with Crippen LogP contribution in [0, 0.1) is 5.92 Å². The Hall–Kier alpha value is -0.830. The SMILES string of the molecule is COCCOC1=NC(C)C(C)C=C1. The molecule has 2 atom stereocenters. The van der Waals surface area contributed by atoms with Gasteiger partial charge in [0.1, 0.15) is 6.61 Å². The van der Waals surface area contributed by atoms with Gasteiger partial charge >= 0.3 is 0 Å². The van der Waals surface area contributed by atoms with E-state index in [9.17, 15) is 0 Å². The molecule has 0 N–H and O–H groups in total. The van der Waals surface area contributed by atoms with Gasteiger partial charge < -0.3 is 9.47 Å². The van der Waals surface area contributed by atoms with Crippen LogP contribution in [0.4, 0.5) is 0 Å². The van der Waals surface area contributed by atoms with Crippen LogP contribution >= 0.6 is 0 Å². The van der Waals surface area contributed by atoms with Crippen LogP contribution in [0.5, 0.6) is 0 Å². The Balaban J connectivity index is 2.35. The van der Waals surface area contributed by atoms with E-state index in [0.29, 0.717) is 25.2 Å². The zero-order valence-electron chi connectivity index (χ0n) is 8.49. The molecule has 0 radical (unpaired) electrons. The van der Waals surface area contributed by atoms with Crippen molar-refractivity contribution in [1.82, 2.24) is 0 Å². The number of nitrogens with zero attached hydrogens (tertiary/aromatic N) is 1. The lowest BCUT2D eigenvalue weighted by atomic mass is 10.0. The second-order valence-electron chi connectivity index (χ2n) is 3.27. The van der Waals surface area contributed by atoms with Gasteiger partial charge in [0.05, 0.1) is 12.6 Å². The highest BCUT2D eigenvalue weighted by atomic mass is 16.5. The van der Waals surface area contributed by atoms with Crippen LogP contribution in [-0.2, 0) is 9.47 Å². The van der Waals surface area contributed by atoms with E-state index in [1.165, 1.54) is 0 Å². The maximum atomic E-state index is 5.38. The standard InChI is InChI=1S/C10H17NO2/c1-8-4-5-10(11-9(8)2)13-7-6-12-3/h4-5,8-9H,6-7H2,1-3H3. The molecular weight excluding hydrogens is 166 g/mol. The van der Waals surface area contributed by atoms with Crippen LogP contribution in [0.25, 0.3) is 0 Å². The van der Waals surface area contributed by atoms with E-state index in [1.54, 1.807) is 7.11 Å². The third-order valence-electron chi connectivity index (χ3n) is 2.17. The molecule has 0 fully saturated rings. The molecule has 0 saturated heterocycles. The fraction of sp³-hybridized carbons (Fsp3) is 0.700. The summed E-state index contributed by atoms with van der Waals surface area (Å²) in [5, 5.41) is 0. The molecule has 2 unspecified atom stereocenters. The quantitative estimate of drug-likeness (QED) is 0.623. The van der Waals surface area contributed by atoms with Gasteiger partial charge in [-0.2, -0.15) is 0 Å². The summed E-state index contributed by atoms with van der Waals surface area (Å²) in [5.41, 5.74) is 0. The van der Waals surface area contributed by atoms with Crippen LogP contribution in [-0.4, -0.2) is 32.3 Å². The largest absolute Gasteiger partial charge is 0.475 e. The predicted molar refractivity (Wildman–Crippen MR) is 53.0 cm³/mol. The maximum absolute atomic E-state index is 5.38. The first-order valence-corrected chi connectivity index (χ1v) is 4.61. The molecule has 3 nitrogen and oxygen atoms in total. The molecular formula is C10H17NO2. The summed E-state index contributed by atoms with van der Waals surface area (Å²) in [6.07, 6.45) is 4.06. The fourth-order valence-corrected chi connectivity index (χ4v) is 1.07. The fourth-order valence-electron chi connectivity index (χ4n) is 1.07. The molecule has 1 aliphatic rings. The van der Waals surface area contributed by atoms with E-state index in [2.05, 4.69) is 24.9 Å². The number of methoxy groups -OCH3 is 1. The number of dihydropyridines is 1. The van der Waals surface area contributed by atoms with Crippen LogP contribution in [0.3, 0.4) is 0 Å². The number of hydrogen-bond acceptors (Lipinski definition) is 3. The lowest BCUT2D eigenvalue weighted by Crippen LogP contribution is -2.19. The monoisotopic (exact) mass is 183 g/mol. The molecule has 0 saturated carbocycles. The number of hydrogen-bond donors (Lipinski definition) is 0. The molecule has 0 spiro atoms. The van der Waals surface area contributed by atoms with Crippen LogP contribution in [0.1, 0.15) is 13.8 Å². The highest BCUT2D eigenvalue weighted by Gasteiger charge is 2.13. The third kappa shape index (κ3) is 3.19. The topological polar surface area (TPSA) is 30.8 Å². The Morgan fingerprint density at radius 3 is 2.77 bits per heavy atom. The molecule has 74 valence electrons. The van der Waals surface area contributed by atoms with Crippen LogP contribution in [0.15, 0.2) is 17.1 Å². The number of rotatable bonds is 3. The number of aliphatic imine (C=N–C) groups is 1. The summed E-state index contributed by atoms with van der Waals surface area (Å²) in [7, 11) is 1.66. The maximum Gasteiger partial charge on any atom is 0.208 e. The summed E-state index contributed by atoms with van der Waals surface area (Å²) < 4.78 is 10.3. The lowest BCUT2D eigenvalue weighted by molar-refractivity contribution is 0.141. The lowest BCUT2D eigenvalue weighted by Gasteiger charge is -2.18. The Morgan fingerprint density at radius 1 is 1.38 bits per heavy atom. The van der Waals surface area contributed by atoms with Crippen molar-refractivity contribution >= 4 is 5.90 Å². The van der Waals surface area contributed by atoms with Crippen LogP contribution < -0.4 is 0 Å².